The maximum Gasteiger partial charge on any atom is 0.255 e. The van der Waals surface area contributed by atoms with Crippen molar-refractivity contribution in [2.45, 2.75) is 33.4 Å². The van der Waals surface area contributed by atoms with Crippen molar-refractivity contribution >= 4 is 18.1 Å². The maximum atomic E-state index is 12.6. The van der Waals surface area contributed by atoms with E-state index < -0.39 is 0 Å². The average Bonchev–Trinajstić information content (AvgIpc) is 3.23. The van der Waals surface area contributed by atoms with Crippen LogP contribution < -0.4 is 5.32 Å². The SMILES string of the molecule is CCc1c(C(=O)NCc2n[nH]c(=S)n2CC)cnn1-c1ccccn1. The van der Waals surface area contributed by atoms with Gasteiger partial charge in [-0.05, 0) is 37.7 Å². The van der Waals surface area contributed by atoms with E-state index in [2.05, 4.69) is 25.6 Å². The predicted octanol–water partition coefficient (Wildman–Crippen LogP) is 2.03. The lowest BCUT2D eigenvalue weighted by Crippen LogP contribution is -2.25. The largest absolute Gasteiger partial charge is 0.345 e. The number of aromatic nitrogens is 6. The summed E-state index contributed by atoms with van der Waals surface area (Å²) in [5.41, 5.74) is 1.34. The summed E-state index contributed by atoms with van der Waals surface area (Å²) in [7, 11) is 0. The molecular weight excluding hydrogens is 338 g/mol. The molecule has 0 radical (unpaired) electrons. The molecule has 3 heterocycles. The lowest BCUT2D eigenvalue weighted by atomic mass is 10.2. The van der Waals surface area contributed by atoms with Crippen LogP contribution in [0.25, 0.3) is 5.82 Å². The van der Waals surface area contributed by atoms with Gasteiger partial charge in [-0.2, -0.15) is 10.2 Å². The molecule has 0 unspecified atom stereocenters. The van der Waals surface area contributed by atoms with Crippen molar-refractivity contribution in [3.63, 3.8) is 0 Å². The maximum absolute atomic E-state index is 12.6. The summed E-state index contributed by atoms with van der Waals surface area (Å²) in [5.74, 6) is 1.18. The lowest BCUT2D eigenvalue weighted by Gasteiger charge is -2.08. The molecule has 130 valence electrons. The second kappa shape index (κ2) is 7.39. The van der Waals surface area contributed by atoms with E-state index in [4.69, 9.17) is 12.2 Å². The van der Waals surface area contributed by atoms with Gasteiger partial charge >= 0.3 is 0 Å². The Kier molecular flexibility index (Phi) is 5.03. The summed E-state index contributed by atoms with van der Waals surface area (Å²) in [6.07, 6.45) is 3.93. The van der Waals surface area contributed by atoms with Crippen LogP contribution in [0.3, 0.4) is 0 Å². The molecule has 2 N–H and O–H groups in total. The molecule has 3 aromatic heterocycles. The van der Waals surface area contributed by atoms with Gasteiger partial charge in [-0.25, -0.2) is 9.67 Å². The van der Waals surface area contributed by atoms with Crippen molar-refractivity contribution in [2.24, 2.45) is 0 Å². The van der Waals surface area contributed by atoms with Crippen LogP contribution in [0.15, 0.2) is 30.6 Å². The first-order chi connectivity index (χ1) is 12.2. The van der Waals surface area contributed by atoms with Crippen LogP contribution >= 0.6 is 12.2 Å². The van der Waals surface area contributed by atoms with E-state index in [1.54, 1.807) is 17.1 Å². The summed E-state index contributed by atoms with van der Waals surface area (Å²) in [6.45, 7) is 4.94. The summed E-state index contributed by atoms with van der Waals surface area (Å²) in [4.78, 5) is 16.9. The zero-order valence-electron chi connectivity index (χ0n) is 14.1. The van der Waals surface area contributed by atoms with E-state index in [1.807, 2.05) is 36.6 Å². The number of aromatic amines is 1. The molecule has 0 spiro atoms. The van der Waals surface area contributed by atoms with Crippen molar-refractivity contribution in [1.29, 1.82) is 0 Å². The van der Waals surface area contributed by atoms with E-state index in [-0.39, 0.29) is 12.5 Å². The van der Waals surface area contributed by atoms with Crippen LogP contribution in [-0.4, -0.2) is 35.4 Å². The Morgan fingerprint density at radius 1 is 1.36 bits per heavy atom. The number of hydrogen-bond donors (Lipinski definition) is 2. The van der Waals surface area contributed by atoms with E-state index in [0.717, 1.165) is 5.69 Å². The molecule has 3 rings (SSSR count). The number of carbonyl (C=O) groups is 1. The van der Waals surface area contributed by atoms with Crippen molar-refractivity contribution in [1.82, 2.24) is 34.8 Å². The van der Waals surface area contributed by atoms with Crippen LogP contribution in [0, 0.1) is 4.77 Å². The highest BCUT2D eigenvalue weighted by molar-refractivity contribution is 7.71. The van der Waals surface area contributed by atoms with E-state index >= 15 is 0 Å². The number of H-pyrrole nitrogens is 1. The molecule has 0 aromatic carbocycles. The summed E-state index contributed by atoms with van der Waals surface area (Å²) in [5, 5.41) is 14.1. The molecule has 0 saturated carbocycles. The summed E-state index contributed by atoms with van der Waals surface area (Å²) in [6, 6.07) is 5.58. The monoisotopic (exact) mass is 357 g/mol. The molecule has 0 aliphatic rings. The Morgan fingerprint density at radius 2 is 2.20 bits per heavy atom. The summed E-state index contributed by atoms with van der Waals surface area (Å²) >= 11 is 5.15. The molecule has 0 fully saturated rings. The van der Waals surface area contributed by atoms with Crippen LogP contribution in [0.5, 0.6) is 0 Å². The first-order valence-electron chi connectivity index (χ1n) is 8.06. The van der Waals surface area contributed by atoms with Gasteiger partial charge in [-0.15, -0.1) is 0 Å². The Labute approximate surface area is 149 Å². The van der Waals surface area contributed by atoms with Gasteiger partial charge in [0.1, 0.15) is 0 Å². The summed E-state index contributed by atoms with van der Waals surface area (Å²) < 4.78 is 4.08. The number of rotatable bonds is 6. The molecule has 0 bridgehead atoms. The van der Waals surface area contributed by atoms with Gasteiger partial charge in [-0.3, -0.25) is 9.89 Å². The highest BCUT2D eigenvalue weighted by Crippen LogP contribution is 2.14. The zero-order chi connectivity index (χ0) is 17.8. The van der Waals surface area contributed by atoms with Gasteiger partial charge in [0.05, 0.1) is 24.0 Å². The van der Waals surface area contributed by atoms with E-state index in [0.29, 0.717) is 34.9 Å². The second-order valence-electron chi connectivity index (χ2n) is 5.33. The number of amides is 1. The van der Waals surface area contributed by atoms with Gasteiger partial charge in [0.15, 0.2) is 16.4 Å². The van der Waals surface area contributed by atoms with Crippen molar-refractivity contribution in [3.8, 4) is 5.82 Å². The standard InChI is InChI=1S/C16H19N7OS/c1-3-12-11(9-19-23(12)13-7-5-6-8-17-13)15(24)18-10-14-20-21-16(25)22(14)4-2/h5-9H,3-4,10H2,1-2H3,(H,18,24)(H,21,25). The fourth-order valence-corrected chi connectivity index (χ4v) is 2.93. The molecule has 3 aromatic rings. The minimum atomic E-state index is -0.199. The molecule has 0 saturated heterocycles. The number of pyridine rings is 1. The third-order valence-electron chi connectivity index (χ3n) is 3.88. The van der Waals surface area contributed by atoms with Gasteiger partial charge in [-0.1, -0.05) is 13.0 Å². The lowest BCUT2D eigenvalue weighted by molar-refractivity contribution is 0.0948. The molecule has 0 aliphatic carbocycles. The van der Waals surface area contributed by atoms with Crippen molar-refractivity contribution in [3.05, 3.63) is 52.4 Å². The van der Waals surface area contributed by atoms with Crippen LogP contribution in [-0.2, 0) is 19.5 Å². The van der Waals surface area contributed by atoms with Crippen molar-refractivity contribution in [2.75, 3.05) is 0 Å². The topological polar surface area (TPSA) is 93.4 Å². The first kappa shape index (κ1) is 17.0. The number of hydrogen-bond acceptors (Lipinski definition) is 5. The third-order valence-corrected chi connectivity index (χ3v) is 4.19. The molecule has 0 aliphatic heterocycles. The Balaban J connectivity index is 1.81. The molecule has 25 heavy (non-hydrogen) atoms. The fraction of sp³-hybridized carbons (Fsp3) is 0.312. The van der Waals surface area contributed by atoms with E-state index in [1.165, 1.54) is 0 Å². The third kappa shape index (κ3) is 3.36. The molecule has 0 atom stereocenters. The Bertz CT molecular complexity index is 926. The molecular formula is C16H19N7OS. The minimum Gasteiger partial charge on any atom is -0.345 e. The normalized spacial score (nSPS) is 10.8. The number of nitrogens with one attached hydrogen (secondary N) is 2. The minimum absolute atomic E-state index is 0.199. The highest BCUT2D eigenvalue weighted by atomic mass is 32.1. The molecule has 9 heteroatoms. The number of carbonyl (C=O) groups excluding carboxylic acids is 1. The second-order valence-corrected chi connectivity index (χ2v) is 5.72. The number of nitrogens with zero attached hydrogens (tertiary/aromatic N) is 5. The average molecular weight is 357 g/mol. The van der Waals surface area contributed by atoms with Crippen LogP contribution in [0.2, 0.25) is 0 Å². The fourth-order valence-electron chi connectivity index (χ4n) is 2.65. The van der Waals surface area contributed by atoms with Gasteiger partial charge in [0, 0.05) is 12.7 Å². The Morgan fingerprint density at radius 3 is 2.88 bits per heavy atom. The van der Waals surface area contributed by atoms with Crippen LogP contribution in [0.1, 0.15) is 35.7 Å². The first-order valence-corrected chi connectivity index (χ1v) is 8.47. The highest BCUT2D eigenvalue weighted by Gasteiger charge is 2.18. The zero-order valence-corrected chi connectivity index (χ0v) is 14.9. The molecule has 1 amide bonds. The Hall–Kier alpha value is -2.81. The van der Waals surface area contributed by atoms with Gasteiger partial charge in [0.25, 0.3) is 5.91 Å². The molecule has 8 nitrogen and oxygen atoms in total. The van der Waals surface area contributed by atoms with Gasteiger partial charge < -0.3 is 9.88 Å². The predicted molar refractivity (Wildman–Crippen MR) is 95.0 cm³/mol. The van der Waals surface area contributed by atoms with Crippen molar-refractivity contribution < 1.29 is 4.79 Å². The van der Waals surface area contributed by atoms with E-state index in [9.17, 15) is 4.79 Å². The van der Waals surface area contributed by atoms with Gasteiger partial charge in [0.2, 0.25) is 0 Å². The quantitative estimate of drug-likeness (QED) is 0.659. The smallest absolute Gasteiger partial charge is 0.255 e. The van der Waals surface area contributed by atoms with Crippen LogP contribution in [0.4, 0.5) is 0 Å².